The Bertz CT molecular complexity index is 1170. The maximum absolute atomic E-state index is 13.2. The van der Waals surface area contributed by atoms with Gasteiger partial charge in [0.05, 0.1) is 0 Å². The van der Waals surface area contributed by atoms with Gasteiger partial charge < -0.3 is 19.3 Å². The van der Waals surface area contributed by atoms with E-state index in [1.54, 1.807) is 23.1 Å². The van der Waals surface area contributed by atoms with E-state index in [9.17, 15) is 9.59 Å². The number of hydrogen-bond donors (Lipinski definition) is 0. The van der Waals surface area contributed by atoms with Crippen LogP contribution in [0.1, 0.15) is 28.8 Å². The molecule has 0 bridgehead atoms. The largest absolute Gasteiger partial charge is 0.486 e. The Labute approximate surface area is 211 Å². The minimum absolute atomic E-state index is 0.00754. The van der Waals surface area contributed by atoms with Crippen molar-refractivity contribution in [2.24, 2.45) is 5.92 Å². The number of fused-ring (bicyclic) bond motifs is 1. The second kappa shape index (κ2) is 10.8. The van der Waals surface area contributed by atoms with Crippen LogP contribution in [0.3, 0.4) is 0 Å². The molecular weight excluding hydrogens is 456 g/mol. The van der Waals surface area contributed by atoms with Crippen LogP contribution in [-0.2, 0) is 17.8 Å². The van der Waals surface area contributed by atoms with Crippen molar-refractivity contribution >= 4 is 11.8 Å². The number of aromatic nitrogens is 2. The van der Waals surface area contributed by atoms with Crippen LogP contribution >= 0.6 is 0 Å². The van der Waals surface area contributed by atoms with E-state index in [-0.39, 0.29) is 24.4 Å². The van der Waals surface area contributed by atoms with Crippen LogP contribution in [0.4, 0.5) is 0 Å². The molecule has 1 fully saturated rings. The van der Waals surface area contributed by atoms with E-state index in [0.717, 1.165) is 19.3 Å². The van der Waals surface area contributed by atoms with Crippen molar-refractivity contribution < 1.29 is 19.1 Å². The number of carbonyl (C=O) groups is 2. The number of hydrogen-bond acceptors (Lipinski definition) is 5. The maximum atomic E-state index is 13.2. The van der Waals surface area contributed by atoms with E-state index >= 15 is 0 Å². The number of likely N-dealkylation sites (N-methyl/N-ethyl adjacent to an activating group) is 1. The zero-order chi connectivity index (χ0) is 24.9. The zero-order valence-corrected chi connectivity index (χ0v) is 20.6. The first-order valence-electron chi connectivity index (χ1n) is 12.5. The van der Waals surface area contributed by atoms with Crippen molar-refractivity contribution in [3.8, 4) is 11.5 Å². The summed E-state index contributed by atoms with van der Waals surface area (Å²) in [5.41, 5.74) is 1.82. The predicted octanol–water partition coefficient (Wildman–Crippen LogP) is 3.28. The Kier molecular flexibility index (Phi) is 7.21. The number of benzene rings is 2. The molecule has 0 radical (unpaired) electrons. The fourth-order valence-corrected chi connectivity index (χ4v) is 5.15. The molecule has 8 heteroatoms. The third-order valence-electron chi connectivity index (χ3n) is 7.20. The third kappa shape index (κ3) is 5.37. The highest BCUT2D eigenvalue weighted by atomic mass is 16.6. The van der Waals surface area contributed by atoms with Crippen molar-refractivity contribution in [1.29, 1.82) is 0 Å². The van der Waals surface area contributed by atoms with Crippen molar-refractivity contribution in [3.05, 3.63) is 78.1 Å². The maximum Gasteiger partial charge on any atom is 0.253 e. The number of likely N-dealkylation sites (tertiary alicyclic amines) is 1. The zero-order valence-electron chi connectivity index (χ0n) is 20.6. The van der Waals surface area contributed by atoms with Gasteiger partial charge >= 0.3 is 0 Å². The summed E-state index contributed by atoms with van der Waals surface area (Å²) in [7, 11) is 1.89. The lowest BCUT2D eigenvalue weighted by Gasteiger charge is -2.40. The van der Waals surface area contributed by atoms with Gasteiger partial charge in [-0.15, -0.1) is 0 Å². The van der Waals surface area contributed by atoms with Gasteiger partial charge in [0.1, 0.15) is 19.8 Å². The van der Waals surface area contributed by atoms with Crippen LogP contribution in [0, 0.1) is 5.92 Å². The first-order valence-corrected chi connectivity index (χ1v) is 12.5. The van der Waals surface area contributed by atoms with Gasteiger partial charge in [-0.2, -0.15) is 5.10 Å². The molecule has 1 aromatic heterocycles. The Morgan fingerprint density at radius 1 is 1.03 bits per heavy atom. The average molecular weight is 489 g/mol. The highest BCUT2D eigenvalue weighted by Crippen LogP contribution is 2.32. The smallest absolute Gasteiger partial charge is 0.253 e. The van der Waals surface area contributed by atoms with Crippen molar-refractivity contribution in [2.75, 3.05) is 33.4 Å². The third-order valence-corrected chi connectivity index (χ3v) is 7.20. The minimum Gasteiger partial charge on any atom is -0.486 e. The molecule has 36 heavy (non-hydrogen) atoms. The molecule has 188 valence electrons. The Morgan fingerprint density at radius 3 is 2.50 bits per heavy atom. The van der Waals surface area contributed by atoms with Crippen LogP contribution in [0.15, 0.2) is 67.0 Å². The average Bonchev–Trinajstić information content (AvgIpc) is 3.44. The summed E-state index contributed by atoms with van der Waals surface area (Å²) in [5, 5.41) is 4.19. The molecule has 0 N–H and O–H groups in total. The van der Waals surface area contributed by atoms with Crippen molar-refractivity contribution in [2.45, 2.75) is 31.8 Å². The summed E-state index contributed by atoms with van der Waals surface area (Å²) in [5.74, 6) is 1.65. The molecule has 5 rings (SSSR count). The molecule has 0 saturated carbocycles. The highest BCUT2D eigenvalue weighted by molar-refractivity contribution is 5.95. The monoisotopic (exact) mass is 488 g/mol. The second-order valence-corrected chi connectivity index (χ2v) is 9.45. The number of amides is 2. The molecule has 1 saturated heterocycles. The number of nitrogens with zero attached hydrogens (tertiary/aromatic N) is 4. The van der Waals surface area contributed by atoms with Gasteiger partial charge in [-0.05, 0) is 55.0 Å². The van der Waals surface area contributed by atoms with Gasteiger partial charge in [0.2, 0.25) is 5.91 Å². The van der Waals surface area contributed by atoms with Gasteiger partial charge in [0, 0.05) is 44.1 Å². The van der Waals surface area contributed by atoms with E-state index in [0.29, 0.717) is 49.3 Å². The van der Waals surface area contributed by atoms with Crippen molar-refractivity contribution in [1.82, 2.24) is 19.6 Å². The molecule has 2 aromatic carbocycles. The number of ether oxygens (including phenoxy) is 2. The van der Waals surface area contributed by atoms with Gasteiger partial charge in [-0.1, -0.05) is 30.3 Å². The fraction of sp³-hybridized carbons (Fsp3) is 0.393. The number of rotatable bonds is 7. The molecule has 3 heterocycles. The highest BCUT2D eigenvalue weighted by Gasteiger charge is 2.33. The lowest BCUT2D eigenvalue weighted by Crippen LogP contribution is -2.49. The summed E-state index contributed by atoms with van der Waals surface area (Å²) in [6.07, 6.45) is 5.95. The summed E-state index contributed by atoms with van der Waals surface area (Å²) in [6, 6.07) is 17.6. The van der Waals surface area contributed by atoms with E-state index in [1.165, 1.54) is 5.56 Å². The molecule has 2 aliphatic rings. The predicted molar refractivity (Wildman–Crippen MR) is 135 cm³/mol. The minimum atomic E-state index is 0.00754. The van der Waals surface area contributed by atoms with Crippen LogP contribution in [0.2, 0.25) is 0 Å². The van der Waals surface area contributed by atoms with Gasteiger partial charge in [0.25, 0.3) is 5.91 Å². The lowest BCUT2D eigenvalue weighted by atomic mass is 9.84. The molecule has 8 nitrogen and oxygen atoms in total. The Balaban J connectivity index is 1.26. The molecule has 3 aromatic rings. The van der Waals surface area contributed by atoms with Crippen LogP contribution in [0.5, 0.6) is 11.5 Å². The van der Waals surface area contributed by atoms with Gasteiger partial charge in [0.15, 0.2) is 11.5 Å². The Morgan fingerprint density at radius 2 is 1.78 bits per heavy atom. The molecule has 2 amide bonds. The van der Waals surface area contributed by atoms with Crippen LogP contribution in [-0.4, -0.2) is 70.8 Å². The first-order chi connectivity index (χ1) is 17.6. The van der Waals surface area contributed by atoms with E-state index in [2.05, 4.69) is 17.2 Å². The molecular formula is C28H32N4O4. The molecule has 1 unspecified atom stereocenters. The summed E-state index contributed by atoms with van der Waals surface area (Å²) < 4.78 is 12.9. The van der Waals surface area contributed by atoms with Crippen molar-refractivity contribution in [3.63, 3.8) is 0 Å². The SMILES string of the molecule is CN(C(=O)Cn1cccn1)C(Cc1ccccc1)C1CCN(C(=O)c2ccc3c(c2)OCCO3)CC1. The number of carbonyl (C=O) groups excluding carboxylic acids is 2. The summed E-state index contributed by atoms with van der Waals surface area (Å²) >= 11 is 0. The van der Waals surface area contributed by atoms with E-state index in [4.69, 9.17) is 9.47 Å². The molecule has 1 atom stereocenters. The normalized spacial score (nSPS) is 16.4. The second-order valence-electron chi connectivity index (χ2n) is 9.45. The Hall–Kier alpha value is -3.81. The molecule has 0 aliphatic carbocycles. The quantitative estimate of drug-likeness (QED) is 0.510. The summed E-state index contributed by atoms with van der Waals surface area (Å²) in [4.78, 5) is 30.2. The summed E-state index contributed by atoms with van der Waals surface area (Å²) in [6.45, 7) is 2.55. The number of piperidine rings is 1. The van der Waals surface area contributed by atoms with Crippen LogP contribution < -0.4 is 9.47 Å². The molecule has 2 aliphatic heterocycles. The molecule has 0 spiro atoms. The lowest BCUT2D eigenvalue weighted by molar-refractivity contribution is -0.134. The topological polar surface area (TPSA) is 76.9 Å². The van der Waals surface area contributed by atoms with Gasteiger partial charge in [-0.3, -0.25) is 14.3 Å². The van der Waals surface area contributed by atoms with E-state index < -0.39 is 0 Å². The van der Waals surface area contributed by atoms with Crippen LogP contribution in [0.25, 0.3) is 0 Å². The first kappa shape index (κ1) is 23.9. The van der Waals surface area contributed by atoms with E-state index in [1.807, 2.05) is 53.2 Å². The van der Waals surface area contributed by atoms with Gasteiger partial charge in [-0.25, -0.2) is 0 Å². The fourth-order valence-electron chi connectivity index (χ4n) is 5.15. The standard InChI is InChI=1S/C28H32N4O4/c1-30(27(33)20-32-13-5-12-29-32)24(18-21-6-3-2-4-7-21)22-10-14-31(15-11-22)28(34)23-8-9-25-26(19-23)36-17-16-35-25/h2-9,12-13,19,22,24H,10-11,14-18,20H2,1H3.